The Labute approximate surface area is 139 Å². The second kappa shape index (κ2) is 8.77. The van der Waals surface area contributed by atoms with E-state index in [-0.39, 0.29) is 11.8 Å². The Morgan fingerprint density at radius 3 is 2.17 bits per heavy atom. The molecular weight excluding hydrogens is 292 g/mol. The molecule has 0 aliphatic carbocycles. The van der Waals surface area contributed by atoms with Crippen molar-refractivity contribution in [3.8, 4) is 5.75 Å². The van der Waals surface area contributed by atoms with E-state index in [9.17, 15) is 9.90 Å². The summed E-state index contributed by atoms with van der Waals surface area (Å²) in [5.41, 5.74) is 0.672. The van der Waals surface area contributed by atoms with E-state index in [1.165, 1.54) is 0 Å². The number of phenols is 1. The Hall–Kier alpha value is -1.75. The lowest BCUT2D eigenvalue weighted by Gasteiger charge is -2.29. The normalized spacial score (nSPS) is 11.6. The van der Waals surface area contributed by atoms with Gasteiger partial charge in [-0.1, -0.05) is 19.1 Å². The number of hydrogen-bond donors (Lipinski definition) is 1. The van der Waals surface area contributed by atoms with Crippen LogP contribution in [0, 0.1) is 0 Å². The van der Waals surface area contributed by atoms with E-state index in [1.54, 1.807) is 17.0 Å². The Balaban J connectivity index is 2.54. The molecule has 0 fully saturated rings. The highest BCUT2D eigenvalue weighted by Crippen LogP contribution is 2.12. The van der Waals surface area contributed by atoms with Crippen molar-refractivity contribution in [2.45, 2.75) is 46.8 Å². The van der Waals surface area contributed by atoms with Gasteiger partial charge in [0.2, 0.25) is 0 Å². The van der Waals surface area contributed by atoms with Gasteiger partial charge in [-0.05, 0) is 51.9 Å². The van der Waals surface area contributed by atoms with E-state index in [0.717, 1.165) is 25.2 Å². The van der Waals surface area contributed by atoms with Crippen LogP contribution in [0.2, 0.25) is 0 Å². The van der Waals surface area contributed by atoms with Crippen LogP contribution in [0.1, 0.15) is 40.2 Å². The number of benzene rings is 1. The van der Waals surface area contributed by atoms with Crippen LogP contribution in [0.3, 0.4) is 0 Å². The van der Waals surface area contributed by atoms with Gasteiger partial charge >= 0.3 is 6.09 Å². The lowest BCUT2D eigenvalue weighted by atomic mass is 10.2. The highest BCUT2D eigenvalue weighted by Gasteiger charge is 2.21. The summed E-state index contributed by atoms with van der Waals surface area (Å²) in [6, 6.07) is 7.23. The minimum Gasteiger partial charge on any atom is -0.508 e. The monoisotopic (exact) mass is 322 g/mol. The summed E-state index contributed by atoms with van der Waals surface area (Å²) >= 11 is 0. The molecule has 0 radical (unpaired) electrons. The minimum absolute atomic E-state index is 0.263. The van der Waals surface area contributed by atoms with Crippen molar-refractivity contribution in [3.63, 3.8) is 0 Å². The number of carbonyl (C=O) groups excluding carboxylic acids is 1. The highest BCUT2D eigenvalue weighted by atomic mass is 16.6. The van der Waals surface area contributed by atoms with Crippen molar-refractivity contribution in [2.24, 2.45) is 0 Å². The summed E-state index contributed by atoms with van der Waals surface area (Å²) in [6.45, 7) is 13.4. The molecule has 0 heterocycles. The van der Waals surface area contributed by atoms with E-state index in [0.29, 0.717) is 13.1 Å². The van der Waals surface area contributed by atoms with Crippen LogP contribution < -0.4 is 0 Å². The number of likely N-dealkylation sites (N-methyl/N-ethyl adjacent to an activating group) is 2. The predicted octanol–water partition coefficient (Wildman–Crippen LogP) is 3.47. The SMILES string of the molecule is CCN(CCN(CC)C(=O)OC(C)(C)C)Cc1ccc(O)cc1. The molecule has 1 N–H and O–H groups in total. The number of hydrogen-bond acceptors (Lipinski definition) is 4. The minimum atomic E-state index is -0.471. The Bertz CT molecular complexity index is 480. The molecule has 0 saturated carbocycles. The third-order valence-corrected chi connectivity index (χ3v) is 3.51. The van der Waals surface area contributed by atoms with Gasteiger partial charge in [-0.2, -0.15) is 0 Å². The molecule has 1 aromatic carbocycles. The van der Waals surface area contributed by atoms with Gasteiger partial charge in [0.05, 0.1) is 0 Å². The quantitative estimate of drug-likeness (QED) is 0.835. The lowest BCUT2D eigenvalue weighted by Crippen LogP contribution is -2.41. The van der Waals surface area contributed by atoms with Gasteiger partial charge in [-0.15, -0.1) is 0 Å². The Kier molecular flexibility index (Phi) is 7.36. The average molecular weight is 322 g/mol. The zero-order chi connectivity index (χ0) is 17.5. The van der Waals surface area contributed by atoms with Crippen molar-refractivity contribution < 1.29 is 14.6 Å². The first-order valence-electron chi connectivity index (χ1n) is 8.23. The molecular formula is C18H30N2O3. The molecule has 0 bridgehead atoms. The molecule has 0 spiro atoms. The number of ether oxygens (including phenoxy) is 1. The van der Waals surface area contributed by atoms with Crippen molar-refractivity contribution in [1.82, 2.24) is 9.80 Å². The standard InChI is InChI=1S/C18H30N2O3/c1-6-19(14-15-8-10-16(21)11-9-15)12-13-20(7-2)17(22)23-18(3,4)5/h8-11,21H,6-7,12-14H2,1-5H3. The molecule has 0 saturated heterocycles. The number of amides is 1. The van der Waals surface area contributed by atoms with E-state index in [4.69, 9.17) is 4.74 Å². The van der Waals surface area contributed by atoms with Crippen LogP contribution in [0.25, 0.3) is 0 Å². The summed E-state index contributed by atoms with van der Waals surface area (Å²) in [6.07, 6.45) is -0.263. The van der Waals surface area contributed by atoms with Gasteiger partial charge in [-0.25, -0.2) is 4.79 Å². The van der Waals surface area contributed by atoms with E-state index in [1.807, 2.05) is 39.8 Å². The number of rotatable bonds is 7. The lowest BCUT2D eigenvalue weighted by molar-refractivity contribution is 0.0242. The first kappa shape index (κ1) is 19.3. The fourth-order valence-electron chi connectivity index (χ4n) is 2.18. The van der Waals surface area contributed by atoms with Crippen LogP contribution >= 0.6 is 0 Å². The number of nitrogens with zero attached hydrogens (tertiary/aromatic N) is 2. The largest absolute Gasteiger partial charge is 0.508 e. The highest BCUT2D eigenvalue weighted by molar-refractivity contribution is 5.68. The van der Waals surface area contributed by atoms with Gasteiger partial charge < -0.3 is 14.7 Å². The Morgan fingerprint density at radius 1 is 1.09 bits per heavy atom. The molecule has 1 amide bonds. The molecule has 23 heavy (non-hydrogen) atoms. The predicted molar refractivity (Wildman–Crippen MR) is 92.5 cm³/mol. The van der Waals surface area contributed by atoms with Crippen LogP contribution in [0.5, 0.6) is 5.75 Å². The molecule has 1 aromatic rings. The average Bonchev–Trinajstić information content (AvgIpc) is 2.46. The van der Waals surface area contributed by atoms with Crippen LogP contribution in [-0.2, 0) is 11.3 Å². The van der Waals surface area contributed by atoms with E-state index in [2.05, 4.69) is 11.8 Å². The summed E-state index contributed by atoms with van der Waals surface area (Å²) in [5.74, 6) is 0.277. The molecule has 0 aromatic heterocycles. The fourth-order valence-corrected chi connectivity index (χ4v) is 2.18. The third kappa shape index (κ3) is 7.37. The van der Waals surface area contributed by atoms with Crippen molar-refractivity contribution in [2.75, 3.05) is 26.2 Å². The maximum Gasteiger partial charge on any atom is 0.410 e. The number of phenolic OH excluding ortho intramolecular Hbond substituents is 1. The summed E-state index contributed by atoms with van der Waals surface area (Å²) in [5, 5.41) is 9.34. The molecule has 130 valence electrons. The number of carbonyl (C=O) groups is 1. The molecule has 0 aliphatic heterocycles. The summed E-state index contributed by atoms with van der Waals surface area (Å²) in [7, 11) is 0. The zero-order valence-electron chi connectivity index (χ0n) is 15.0. The van der Waals surface area contributed by atoms with Gasteiger partial charge in [-0.3, -0.25) is 4.90 Å². The second-order valence-electron chi connectivity index (χ2n) is 6.60. The number of aromatic hydroxyl groups is 1. The first-order valence-corrected chi connectivity index (χ1v) is 8.23. The van der Waals surface area contributed by atoms with Crippen LogP contribution in [0.4, 0.5) is 4.79 Å². The summed E-state index contributed by atoms with van der Waals surface area (Å²) < 4.78 is 5.43. The molecule has 0 atom stereocenters. The van der Waals surface area contributed by atoms with Gasteiger partial charge in [0, 0.05) is 26.2 Å². The van der Waals surface area contributed by atoms with Gasteiger partial charge in [0.15, 0.2) is 0 Å². The van der Waals surface area contributed by atoms with Gasteiger partial charge in [0.25, 0.3) is 0 Å². The Morgan fingerprint density at radius 2 is 1.70 bits per heavy atom. The fraction of sp³-hybridized carbons (Fsp3) is 0.611. The molecule has 1 rings (SSSR count). The molecule has 5 heteroatoms. The molecule has 5 nitrogen and oxygen atoms in total. The first-order chi connectivity index (χ1) is 10.7. The second-order valence-corrected chi connectivity index (χ2v) is 6.60. The van der Waals surface area contributed by atoms with E-state index < -0.39 is 5.60 Å². The van der Waals surface area contributed by atoms with Crippen LogP contribution in [0.15, 0.2) is 24.3 Å². The molecule has 0 unspecified atom stereocenters. The van der Waals surface area contributed by atoms with E-state index >= 15 is 0 Å². The van der Waals surface area contributed by atoms with Crippen molar-refractivity contribution in [3.05, 3.63) is 29.8 Å². The smallest absolute Gasteiger partial charge is 0.410 e. The third-order valence-electron chi connectivity index (χ3n) is 3.51. The van der Waals surface area contributed by atoms with Gasteiger partial charge in [0.1, 0.15) is 11.4 Å². The maximum absolute atomic E-state index is 12.1. The zero-order valence-corrected chi connectivity index (χ0v) is 15.0. The molecule has 0 aliphatic rings. The topological polar surface area (TPSA) is 53.0 Å². The van der Waals surface area contributed by atoms with Crippen molar-refractivity contribution >= 4 is 6.09 Å². The summed E-state index contributed by atoms with van der Waals surface area (Å²) in [4.78, 5) is 16.1. The van der Waals surface area contributed by atoms with Crippen molar-refractivity contribution in [1.29, 1.82) is 0 Å². The maximum atomic E-state index is 12.1. The van der Waals surface area contributed by atoms with Crippen LogP contribution in [-0.4, -0.2) is 52.8 Å².